The van der Waals surface area contributed by atoms with Gasteiger partial charge in [-0.2, -0.15) is 0 Å². The summed E-state index contributed by atoms with van der Waals surface area (Å²) in [5.41, 5.74) is -0.210. The van der Waals surface area contributed by atoms with Gasteiger partial charge < -0.3 is 0 Å². The highest BCUT2D eigenvalue weighted by Crippen LogP contribution is 2.16. The molecular formula is C12H26ClNO2S. The van der Waals surface area contributed by atoms with E-state index in [-0.39, 0.29) is 11.2 Å². The third-order valence-corrected chi connectivity index (χ3v) is 4.50. The zero-order chi connectivity index (χ0) is 13.5. The first-order valence-corrected chi connectivity index (χ1v) is 8.42. The van der Waals surface area contributed by atoms with Crippen LogP contribution < -0.4 is 4.72 Å². The highest BCUT2D eigenvalue weighted by molar-refractivity contribution is 7.89. The molecule has 0 aliphatic rings. The monoisotopic (exact) mass is 283 g/mol. The van der Waals surface area contributed by atoms with Crippen LogP contribution in [-0.4, -0.2) is 26.6 Å². The first-order chi connectivity index (χ1) is 7.70. The van der Waals surface area contributed by atoms with Gasteiger partial charge in [0.05, 0.1) is 5.75 Å². The number of rotatable bonds is 8. The lowest BCUT2D eigenvalue weighted by atomic mass is 10.0. The second-order valence-corrected chi connectivity index (χ2v) is 7.99. The van der Waals surface area contributed by atoms with Crippen LogP contribution in [0, 0.1) is 11.3 Å². The van der Waals surface area contributed by atoms with E-state index in [9.17, 15) is 8.42 Å². The minimum atomic E-state index is -3.16. The topological polar surface area (TPSA) is 46.2 Å². The van der Waals surface area contributed by atoms with Gasteiger partial charge >= 0.3 is 0 Å². The lowest BCUT2D eigenvalue weighted by Crippen LogP contribution is -2.35. The molecule has 1 atom stereocenters. The van der Waals surface area contributed by atoms with Crippen molar-refractivity contribution in [1.82, 2.24) is 4.72 Å². The van der Waals surface area contributed by atoms with Crippen molar-refractivity contribution in [2.75, 3.05) is 18.2 Å². The zero-order valence-corrected chi connectivity index (χ0v) is 13.0. The largest absolute Gasteiger partial charge is 0.215 e. The second-order valence-electron chi connectivity index (χ2n) is 5.80. The number of hydrogen-bond donors (Lipinski definition) is 1. The predicted octanol–water partition coefficient (Wildman–Crippen LogP) is 3.00. The van der Waals surface area contributed by atoms with E-state index < -0.39 is 10.0 Å². The number of halogens is 1. The number of nitrogens with one attached hydrogen (secondary N) is 1. The maximum absolute atomic E-state index is 11.8. The molecule has 0 aromatic rings. The molecule has 17 heavy (non-hydrogen) atoms. The van der Waals surface area contributed by atoms with E-state index in [0.717, 1.165) is 19.3 Å². The van der Waals surface area contributed by atoms with Gasteiger partial charge in [0.1, 0.15) is 0 Å². The average molecular weight is 284 g/mol. The summed E-state index contributed by atoms with van der Waals surface area (Å²) in [5.74, 6) is 1.11. The summed E-state index contributed by atoms with van der Waals surface area (Å²) >= 11 is 5.71. The Balaban J connectivity index is 4.23. The first-order valence-electron chi connectivity index (χ1n) is 6.23. The Morgan fingerprint density at radius 1 is 1.24 bits per heavy atom. The molecule has 0 aliphatic heterocycles. The van der Waals surface area contributed by atoms with Crippen LogP contribution >= 0.6 is 11.6 Å². The van der Waals surface area contributed by atoms with Crippen LogP contribution in [0.15, 0.2) is 0 Å². The third-order valence-electron chi connectivity index (χ3n) is 2.43. The van der Waals surface area contributed by atoms with E-state index >= 15 is 0 Å². The third kappa shape index (κ3) is 9.86. The van der Waals surface area contributed by atoms with E-state index in [0.29, 0.717) is 18.3 Å². The standard InChI is InChI=1S/C12H26ClNO2S/c1-5-6-11(7-8-13)9-14-17(15,16)10-12(2,3)4/h11,14H,5-10H2,1-4H3. The van der Waals surface area contributed by atoms with Crippen molar-refractivity contribution in [2.45, 2.75) is 47.0 Å². The van der Waals surface area contributed by atoms with E-state index in [2.05, 4.69) is 11.6 Å². The molecule has 0 radical (unpaired) electrons. The van der Waals surface area contributed by atoms with Crippen LogP contribution in [0.25, 0.3) is 0 Å². The molecule has 0 aromatic carbocycles. The van der Waals surface area contributed by atoms with Gasteiger partial charge in [-0.25, -0.2) is 13.1 Å². The molecule has 0 aliphatic carbocycles. The summed E-state index contributed by atoms with van der Waals surface area (Å²) in [4.78, 5) is 0. The molecule has 5 heteroatoms. The van der Waals surface area contributed by atoms with Gasteiger partial charge in [0.15, 0.2) is 0 Å². The van der Waals surface area contributed by atoms with Gasteiger partial charge in [0.25, 0.3) is 0 Å². The molecule has 1 unspecified atom stereocenters. The molecule has 0 spiro atoms. The van der Waals surface area contributed by atoms with Gasteiger partial charge in [0, 0.05) is 12.4 Å². The Kier molecular flexibility index (Phi) is 7.68. The van der Waals surface area contributed by atoms with Crippen LogP contribution in [0.3, 0.4) is 0 Å². The quantitative estimate of drug-likeness (QED) is 0.696. The van der Waals surface area contributed by atoms with Crippen LogP contribution in [0.2, 0.25) is 0 Å². The average Bonchev–Trinajstić information content (AvgIpc) is 2.11. The summed E-state index contributed by atoms with van der Waals surface area (Å²) < 4.78 is 26.3. The summed E-state index contributed by atoms with van der Waals surface area (Å²) in [6.07, 6.45) is 2.95. The molecule has 0 amide bonds. The molecular weight excluding hydrogens is 258 g/mol. The van der Waals surface area contributed by atoms with Crippen LogP contribution in [0.5, 0.6) is 0 Å². The molecule has 0 bridgehead atoms. The van der Waals surface area contributed by atoms with E-state index in [1.54, 1.807) is 0 Å². The molecule has 104 valence electrons. The summed E-state index contributed by atoms with van der Waals surface area (Å²) in [5, 5.41) is 0. The Bertz CT molecular complexity index is 290. The SMILES string of the molecule is CCCC(CCCl)CNS(=O)(=O)CC(C)(C)C. The molecule has 0 saturated heterocycles. The maximum Gasteiger partial charge on any atom is 0.212 e. The summed E-state index contributed by atoms with van der Waals surface area (Å²) in [6.45, 7) is 8.39. The Labute approximate surface area is 111 Å². The van der Waals surface area contributed by atoms with Crippen molar-refractivity contribution in [3.05, 3.63) is 0 Å². The summed E-state index contributed by atoms with van der Waals surface area (Å²) in [6, 6.07) is 0. The van der Waals surface area contributed by atoms with Gasteiger partial charge in [0.2, 0.25) is 10.0 Å². The molecule has 0 aromatic heterocycles. The lowest BCUT2D eigenvalue weighted by Gasteiger charge is -2.20. The molecule has 0 rings (SSSR count). The summed E-state index contributed by atoms with van der Waals surface area (Å²) in [7, 11) is -3.16. The van der Waals surface area contributed by atoms with Gasteiger partial charge in [-0.05, 0) is 24.2 Å². The molecule has 3 nitrogen and oxygen atoms in total. The Morgan fingerprint density at radius 3 is 2.24 bits per heavy atom. The van der Waals surface area contributed by atoms with Crippen LogP contribution in [0.1, 0.15) is 47.0 Å². The normalized spacial score (nSPS) is 14.9. The number of hydrogen-bond acceptors (Lipinski definition) is 2. The predicted molar refractivity (Wildman–Crippen MR) is 75.0 cm³/mol. The molecule has 1 N–H and O–H groups in total. The highest BCUT2D eigenvalue weighted by atomic mass is 35.5. The van der Waals surface area contributed by atoms with Crippen molar-refractivity contribution in [1.29, 1.82) is 0 Å². The van der Waals surface area contributed by atoms with Gasteiger partial charge in [-0.15, -0.1) is 11.6 Å². The minimum absolute atomic E-state index is 0.166. The van der Waals surface area contributed by atoms with E-state index in [4.69, 9.17) is 11.6 Å². The van der Waals surface area contributed by atoms with Gasteiger partial charge in [-0.3, -0.25) is 0 Å². The number of alkyl halides is 1. The highest BCUT2D eigenvalue weighted by Gasteiger charge is 2.22. The molecule has 0 fully saturated rings. The van der Waals surface area contributed by atoms with Crippen LogP contribution in [0.4, 0.5) is 0 Å². The van der Waals surface area contributed by atoms with Crippen molar-refractivity contribution in [3.63, 3.8) is 0 Å². The molecule has 0 saturated carbocycles. The maximum atomic E-state index is 11.8. The van der Waals surface area contributed by atoms with Crippen molar-refractivity contribution < 1.29 is 8.42 Å². The number of sulfonamides is 1. The fourth-order valence-corrected chi connectivity index (χ4v) is 3.82. The van der Waals surface area contributed by atoms with Gasteiger partial charge in [-0.1, -0.05) is 34.1 Å². The van der Waals surface area contributed by atoms with E-state index in [1.807, 2.05) is 20.8 Å². The molecule has 0 heterocycles. The lowest BCUT2D eigenvalue weighted by molar-refractivity contribution is 0.439. The minimum Gasteiger partial charge on any atom is -0.215 e. The van der Waals surface area contributed by atoms with Crippen LogP contribution in [-0.2, 0) is 10.0 Å². The van der Waals surface area contributed by atoms with Crippen molar-refractivity contribution >= 4 is 21.6 Å². The van der Waals surface area contributed by atoms with Crippen molar-refractivity contribution in [3.8, 4) is 0 Å². The Morgan fingerprint density at radius 2 is 1.82 bits per heavy atom. The first kappa shape index (κ1) is 17.2. The zero-order valence-electron chi connectivity index (χ0n) is 11.4. The fraction of sp³-hybridized carbons (Fsp3) is 1.00. The Hall–Kier alpha value is 0.200. The van der Waals surface area contributed by atoms with E-state index in [1.165, 1.54) is 0 Å². The smallest absolute Gasteiger partial charge is 0.212 e. The van der Waals surface area contributed by atoms with Crippen molar-refractivity contribution in [2.24, 2.45) is 11.3 Å². The fourth-order valence-electron chi connectivity index (χ4n) is 1.78. The second kappa shape index (κ2) is 7.59.